The van der Waals surface area contributed by atoms with Gasteiger partial charge in [0.05, 0.1) is 0 Å². The van der Waals surface area contributed by atoms with Crippen molar-refractivity contribution >= 4 is 23.2 Å². The molecule has 0 fully saturated rings. The topological polar surface area (TPSA) is 38.3 Å². The molecule has 4 heteroatoms. The molecule has 126 valence electrons. The van der Waals surface area contributed by atoms with E-state index < -0.39 is 0 Å². The van der Waals surface area contributed by atoms with Crippen LogP contribution in [0.4, 0.5) is 5.69 Å². The van der Waals surface area contributed by atoms with E-state index in [1.807, 2.05) is 78.9 Å². The van der Waals surface area contributed by atoms with Crippen molar-refractivity contribution in [2.24, 2.45) is 0 Å². The fourth-order valence-corrected chi connectivity index (χ4v) is 2.49. The second kappa shape index (κ2) is 8.36. The van der Waals surface area contributed by atoms with Crippen LogP contribution in [0.1, 0.15) is 12.0 Å². The van der Waals surface area contributed by atoms with Gasteiger partial charge in [0.15, 0.2) is 0 Å². The van der Waals surface area contributed by atoms with Gasteiger partial charge in [-0.25, -0.2) is 0 Å². The minimum absolute atomic E-state index is 0.0216. The molecule has 3 rings (SSSR count). The number of para-hydroxylation sites is 1. The van der Waals surface area contributed by atoms with E-state index in [9.17, 15) is 4.79 Å². The third-order valence-corrected chi connectivity index (χ3v) is 3.92. The number of carbonyl (C=O) groups excluding carboxylic acids is 1. The van der Waals surface area contributed by atoms with Gasteiger partial charge in [0.2, 0.25) is 5.91 Å². The number of amides is 1. The highest BCUT2D eigenvalue weighted by molar-refractivity contribution is 6.30. The number of ether oxygens (including phenoxy) is 1. The van der Waals surface area contributed by atoms with Crippen molar-refractivity contribution in [1.29, 1.82) is 0 Å². The van der Waals surface area contributed by atoms with Crippen molar-refractivity contribution in [3.8, 4) is 11.5 Å². The molecular weight excluding hydrogens is 334 g/mol. The van der Waals surface area contributed by atoms with Gasteiger partial charge in [-0.15, -0.1) is 0 Å². The summed E-state index contributed by atoms with van der Waals surface area (Å²) in [6.45, 7) is 0. The normalized spacial score (nSPS) is 10.3. The van der Waals surface area contributed by atoms with Crippen molar-refractivity contribution < 1.29 is 9.53 Å². The molecule has 1 amide bonds. The maximum absolute atomic E-state index is 12.1. The van der Waals surface area contributed by atoms with Gasteiger partial charge in [0, 0.05) is 17.1 Å². The second-order valence-electron chi connectivity index (χ2n) is 5.61. The van der Waals surface area contributed by atoms with Gasteiger partial charge in [-0.3, -0.25) is 4.79 Å². The van der Waals surface area contributed by atoms with Crippen molar-refractivity contribution in [3.63, 3.8) is 0 Å². The van der Waals surface area contributed by atoms with Gasteiger partial charge in [0.1, 0.15) is 11.5 Å². The molecule has 0 bridgehead atoms. The summed E-state index contributed by atoms with van der Waals surface area (Å²) in [5.41, 5.74) is 1.84. The maximum Gasteiger partial charge on any atom is 0.224 e. The molecule has 3 nitrogen and oxygen atoms in total. The second-order valence-corrected chi connectivity index (χ2v) is 6.05. The van der Waals surface area contributed by atoms with Gasteiger partial charge < -0.3 is 10.1 Å². The molecule has 0 aliphatic rings. The molecule has 3 aromatic carbocycles. The summed E-state index contributed by atoms with van der Waals surface area (Å²) in [6, 6.07) is 24.4. The molecule has 3 aromatic rings. The zero-order valence-corrected chi connectivity index (χ0v) is 14.4. The lowest BCUT2D eigenvalue weighted by atomic mass is 10.1. The van der Waals surface area contributed by atoms with Gasteiger partial charge in [-0.05, 0) is 60.5 Å². The lowest BCUT2D eigenvalue weighted by Crippen LogP contribution is -2.12. The number of anilines is 1. The summed E-state index contributed by atoms with van der Waals surface area (Å²) in [6.07, 6.45) is 1.10. The highest BCUT2D eigenvalue weighted by atomic mass is 35.5. The molecule has 0 atom stereocenters. The first-order chi connectivity index (χ1) is 12.2. The Labute approximate surface area is 152 Å². The van der Waals surface area contributed by atoms with E-state index >= 15 is 0 Å². The predicted octanol–water partition coefficient (Wildman–Crippen LogP) is 5.70. The van der Waals surface area contributed by atoms with Gasteiger partial charge in [-0.1, -0.05) is 41.9 Å². The van der Waals surface area contributed by atoms with Crippen molar-refractivity contribution in [2.45, 2.75) is 12.8 Å². The van der Waals surface area contributed by atoms with Crippen LogP contribution in [0.5, 0.6) is 11.5 Å². The Kier molecular flexibility index (Phi) is 5.70. The summed E-state index contributed by atoms with van der Waals surface area (Å²) in [4.78, 5) is 12.1. The number of aryl methyl sites for hydroxylation is 1. The van der Waals surface area contributed by atoms with Crippen LogP contribution < -0.4 is 10.1 Å². The number of carbonyl (C=O) groups is 1. The summed E-state index contributed by atoms with van der Waals surface area (Å²) in [5.74, 6) is 1.49. The Morgan fingerprint density at radius 3 is 2.16 bits per heavy atom. The monoisotopic (exact) mass is 351 g/mol. The average Bonchev–Trinajstić information content (AvgIpc) is 2.64. The van der Waals surface area contributed by atoms with Crippen LogP contribution in [0.15, 0.2) is 78.9 Å². The van der Waals surface area contributed by atoms with Crippen molar-refractivity contribution in [2.75, 3.05) is 5.32 Å². The van der Waals surface area contributed by atoms with E-state index in [2.05, 4.69) is 5.32 Å². The number of halogens is 1. The molecule has 0 aromatic heterocycles. The van der Waals surface area contributed by atoms with Crippen LogP contribution in [-0.4, -0.2) is 5.91 Å². The van der Waals surface area contributed by atoms with Crippen LogP contribution >= 0.6 is 11.6 Å². The molecule has 0 saturated carbocycles. The van der Waals surface area contributed by atoms with Gasteiger partial charge >= 0.3 is 0 Å². The first kappa shape index (κ1) is 17.1. The highest BCUT2D eigenvalue weighted by Crippen LogP contribution is 2.22. The quantitative estimate of drug-likeness (QED) is 0.618. The number of hydrogen-bond acceptors (Lipinski definition) is 2. The van der Waals surface area contributed by atoms with Crippen molar-refractivity contribution in [1.82, 2.24) is 0 Å². The lowest BCUT2D eigenvalue weighted by molar-refractivity contribution is -0.116. The molecule has 0 spiro atoms. The molecule has 0 aliphatic heterocycles. The highest BCUT2D eigenvalue weighted by Gasteiger charge is 2.04. The Hall–Kier alpha value is -2.78. The first-order valence-corrected chi connectivity index (χ1v) is 8.44. The van der Waals surface area contributed by atoms with E-state index in [4.69, 9.17) is 16.3 Å². The molecular formula is C21H18ClNO2. The van der Waals surface area contributed by atoms with E-state index in [1.54, 1.807) is 0 Å². The Balaban J connectivity index is 1.50. The number of nitrogens with one attached hydrogen (secondary N) is 1. The SMILES string of the molecule is O=C(CCc1ccc(Cl)cc1)Nc1ccc(Oc2ccccc2)cc1. The molecule has 0 unspecified atom stereocenters. The standard InChI is InChI=1S/C21H18ClNO2/c22-17-9-6-16(7-10-17)8-15-21(24)23-18-11-13-20(14-12-18)25-19-4-2-1-3-5-19/h1-7,9-14H,8,15H2,(H,23,24). The minimum atomic E-state index is -0.0216. The van der Waals surface area contributed by atoms with Crippen LogP contribution in [0.25, 0.3) is 0 Å². The van der Waals surface area contributed by atoms with Gasteiger partial charge in [-0.2, -0.15) is 0 Å². The summed E-state index contributed by atoms with van der Waals surface area (Å²) in [5, 5.41) is 3.59. The fraction of sp³-hybridized carbons (Fsp3) is 0.0952. The maximum atomic E-state index is 12.1. The summed E-state index contributed by atoms with van der Waals surface area (Å²) >= 11 is 5.86. The largest absolute Gasteiger partial charge is 0.457 e. The average molecular weight is 352 g/mol. The van der Waals surface area contributed by atoms with E-state index in [0.29, 0.717) is 17.9 Å². The summed E-state index contributed by atoms with van der Waals surface area (Å²) in [7, 11) is 0. The lowest BCUT2D eigenvalue weighted by Gasteiger charge is -2.08. The van der Waals surface area contributed by atoms with E-state index in [0.717, 1.165) is 22.7 Å². The smallest absolute Gasteiger partial charge is 0.224 e. The molecule has 1 N–H and O–H groups in total. The van der Waals surface area contributed by atoms with Crippen LogP contribution in [-0.2, 0) is 11.2 Å². The fourth-order valence-electron chi connectivity index (χ4n) is 2.36. The Morgan fingerprint density at radius 1 is 0.840 bits per heavy atom. The number of hydrogen-bond donors (Lipinski definition) is 1. The zero-order valence-electron chi connectivity index (χ0n) is 13.6. The van der Waals surface area contributed by atoms with Crippen LogP contribution in [0.2, 0.25) is 5.02 Å². The van der Waals surface area contributed by atoms with E-state index in [-0.39, 0.29) is 5.91 Å². The van der Waals surface area contributed by atoms with Crippen LogP contribution in [0, 0.1) is 0 Å². The Morgan fingerprint density at radius 2 is 1.48 bits per heavy atom. The molecule has 0 saturated heterocycles. The van der Waals surface area contributed by atoms with Crippen LogP contribution in [0.3, 0.4) is 0 Å². The zero-order chi connectivity index (χ0) is 17.5. The molecule has 0 aliphatic carbocycles. The molecule has 25 heavy (non-hydrogen) atoms. The summed E-state index contributed by atoms with van der Waals surface area (Å²) < 4.78 is 5.73. The first-order valence-electron chi connectivity index (χ1n) is 8.06. The van der Waals surface area contributed by atoms with Gasteiger partial charge in [0.25, 0.3) is 0 Å². The molecule has 0 radical (unpaired) electrons. The van der Waals surface area contributed by atoms with Crippen molar-refractivity contribution in [3.05, 3.63) is 89.4 Å². The minimum Gasteiger partial charge on any atom is -0.457 e. The molecule has 0 heterocycles. The third kappa shape index (κ3) is 5.37. The third-order valence-electron chi connectivity index (χ3n) is 3.67. The predicted molar refractivity (Wildman–Crippen MR) is 101 cm³/mol. The van der Waals surface area contributed by atoms with E-state index in [1.165, 1.54) is 0 Å². The Bertz CT molecular complexity index is 815. The number of rotatable bonds is 6. The number of benzene rings is 3.